The zero-order valence-electron chi connectivity index (χ0n) is 15.2. The number of carboxylic acids is 1. The highest BCUT2D eigenvalue weighted by Crippen LogP contribution is 2.25. The maximum atomic E-state index is 11.6. The van der Waals surface area contributed by atoms with E-state index in [0.717, 1.165) is 61.7 Å². The van der Waals surface area contributed by atoms with E-state index in [1.54, 1.807) is 0 Å². The fourth-order valence-electron chi connectivity index (χ4n) is 4.17. The smallest absolute Gasteiger partial charge is 0.356 e. The highest BCUT2D eigenvalue weighted by Gasteiger charge is 2.29. The lowest BCUT2D eigenvalue weighted by atomic mass is 9.91. The summed E-state index contributed by atoms with van der Waals surface area (Å²) in [6.07, 6.45) is 6.90. The second-order valence-electron chi connectivity index (χ2n) is 7.26. The summed E-state index contributed by atoms with van der Waals surface area (Å²) in [6, 6.07) is 0.247. The minimum absolute atomic E-state index is 0.222. The summed E-state index contributed by atoms with van der Waals surface area (Å²) >= 11 is 0. The van der Waals surface area contributed by atoms with Gasteiger partial charge in [0, 0.05) is 36.8 Å². The number of rotatable bonds is 6. The van der Waals surface area contributed by atoms with Crippen molar-refractivity contribution < 1.29 is 9.90 Å². The molecule has 1 aliphatic carbocycles. The minimum atomic E-state index is -0.928. The van der Waals surface area contributed by atoms with Crippen LogP contribution in [0, 0.1) is 0 Å². The van der Waals surface area contributed by atoms with Crippen molar-refractivity contribution in [3.05, 3.63) is 28.6 Å². The number of nitrogens with one attached hydrogen (secondary N) is 1. The van der Waals surface area contributed by atoms with Gasteiger partial charge in [0.15, 0.2) is 5.69 Å². The summed E-state index contributed by atoms with van der Waals surface area (Å²) in [4.78, 5) is 11.6. The number of hydrogen-bond acceptors (Lipinski definition) is 5. The van der Waals surface area contributed by atoms with E-state index in [0.29, 0.717) is 13.0 Å². The van der Waals surface area contributed by atoms with Crippen molar-refractivity contribution in [3.8, 4) is 0 Å². The predicted molar refractivity (Wildman–Crippen MR) is 95.1 cm³/mol. The molecule has 0 amide bonds. The molecule has 0 bridgehead atoms. The Hall–Kier alpha value is -2.22. The summed E-state index contributed by atoms with van der Waals surface area (Å²) in [6.45, 7) is 4.54. The Bertz CT molecular complexity index is 809. The van der Waals surface area contributed by atoms with Gasteiger partial charge in [-0.05, 0) is 38.5 Å². The lowest BCUT2D eigenvalue weighted by Crippen LogP contribution is -2.35. The maximum absolute atomic E-state index is 11.6. The third kappa shape index (κ3) is 3.13. The Kier molecular flexibility index (Phi) is 4.76. The van der Waals surface area contributed by atoms with Crippen LogP contribution in [0.3, 0.4) is 0 Å². The van der Waals surface area contributed by atoms with Crippen molar-refractivity contribution in [3.63, 3.8) is 0 Å². The average molecular weight is 358 g/mol. The van der Waals surface area contributed by atoms with Gasteiger partial charge >= 0.3 is 5.97 Å². The Balaban J connectivity index is 1.47. The Labute approximate surface area is 152 Å². The number of aromatic carboxylic acids is 1. The van der Waals surface area contributed by atoms with E-state index >= 15 is 0 Å². The van der Waals surface area contributed by atoms with Crippen molar-refractivity contribution in [2.75, 3.05) is 0 Å². The van der Waals surface area contributed by atoms with Gasteiger partial charge in [-0.3, -0.25) is 4.68 Å². The molecule has 1 atom stereocenters. The molecular weight excluding hydrogens is 332 g/mol. The molecule has 0 fully saturated rings. The van der Waals surface area contributed by atoms with Gasteiger partial charge < -0.3 is 15.0 Å². The molecule has 0 saturated carbocycles. The molecule has 140 valence electrons. The monoisotopic (exact) mass is 358 g/mol. The molecule has 26 heavy (non-hydrogen) atoms. The van der Waals surface area contributed by atoms with E-state index in [2.05, 4.69) is 32.1 Å². The first kappa shape index (κ1) is 17.2. The number of carboxylic acid groups (broad SMARTS) is 1. The van der Waals surface area contributed by atoms with Crippen LogP contribution in [0.1, 0.15) is 66.0 Å². The Morgan fingerprint density at radius 1 is 1.31 bits per heavy atom. The van der Waals surface area contributed by atoms with Crippen molar-refractivity contribution in [1.29, 1.82) is 0 Å². The second-order valence-corrected chi connectivity index (χ2v) is 7.26. The summed E-state index contributed by atoms with van der Waals surface area (Å²) < 4.78 is 4.12. The molecule has 4 rings (SSSR count). The molecule has 8 nitrogen and oxygen atoms in total. The van der Waals surface area contributed by atoms with Crippen molar-refractivity contribution in [2.45, 2.75) is 77.5 Å². The SMILES string of the molecule is CCCn1nc(C(=O)O)c2c1CCC(NCc1nnc3n1CCCC3)C2. The van der Waals surface area contributed by atoms with E-state index in [1.807, 2.05) is 4.68 Å². The van der Waals surface area contributed by atoms with Crippen LogP contribution in [0.2, 0.25) is 0 Å². The molecule has 0 spiro atoms. The highest BCUT2D eigenvalue weighted by atomic mass is 16.4. The van der Waals surface area contributed by atoms with Gasteiger partial charge in [-0.15, -0.1) is 10.2 Å². The van der Waals surface area contributed by atoms with Gasteiger partial charge in [-0.2, -0.15) is 5.10 Å². The molecule has 0 aromatic carbocycles. The summed E-state index contributed by atoms with van der Waals surface area (Å²) in [5.41, 5.74) is 2.22. The molecule has 2 N–H and O–H groups in total. The summed E-state index contributed by atoms with van der Waals surface area (Å²) in [5, 5.41) is 26.1. The summed E-state index contributed by atoms with van der Waals surface area (Å²) in [5.74, 6) is 1.15. The number of fused-ring (bicyclic) bond motifs is 2. The van der Waals surface area contributed by atoms with Crippen LogP contribution < -0.4 is 5.32 Å². The number of carbonyl (C=O) groups is 1. The molecular formula is C18H26N6O2. The van der Waals surface area contributed by atoms with E-state index in [-0.39, 0.29) is 11.7 Å². The molecule has 8 heteroatoms. The third-order valence-corrected chi connectivity index (χ3v) is 5.47. The van der Waals surface area contributed by atoms with Gasteiger partial charge in [0.25, 0.3) is 0 Å². The molecule has 3 heterocycles. The van der Waals surface area contributed by atoms with E-state index in [1.165, 1.54) is 12.8 Å². The van der Waals surface area contributed by atoms with Gasteiger partial charge in [-0.25, -0.2) is 4.79 Å². The fraction of sp³-hybridized carbons (Fsp3) is 0.667. The van der Waals surface area contributed by atoms with Crippen LogP contribution in [0.5, 0.6) is 0 Å². The van der Waals surface area contributed by atoms with E-state index in [9.17, 15) is 9.90 Å². The number of aromatic nitrogens is 5. The Morgan fingerprint density at radius 2 is 2.19 bits per heavy atom. The first-order valence-corrected chi connectivity index (χ1v) is 9.63. The van der Waals surface area contributed by atoms with Gasteiger partial charge in [0.05, 0.1) is 6.54 Å². The Morgan fingerprint density at radius 3 is 3.00 bits per heavy atom. The topological polar surface area (TPSA) is 97.9 Å². The van der Waals surface area contributed by atoms with Gasteiger partial charge in [-0.1, -0.05) is 6.92 Å². The first-order valence-electron chi connectivity index (χ1n) is 9.63. The third-order valence-electron chi connectivity index (χ3n) is 5.47. The molecule has 2 aromatic heterocycles. The van der Waals surface area contributed by atoms with Crippen LogP contribution in [0.25, 0.3) is 0 Å². The summed E-state index contributed by atoms with van der Waals surface area (Å²) in [7, 11) is 0. The zero-order chi connectivity index (χ0) is 18.1. The lowest BCUT2D eigenvalue weighted by molar-refractivity contribution is 0.0688. The molecule has 1 unspecified atom stereocenters. The van der Waals surface area contributed by atoms with Gasteiger partial charge in [0.1, 0.15) is 11.6 Å². The van der Waals surface area contributed by atoms with Crippen LogP contribution in [0.4, 0.5) is 0 Å². The first-order chi connectivity index (χ1) is 12.7. The van der Waals surface area contributed by atoms with Crippen molar-refractivity contribution in [1.82, 2.24) is 29.9 Å². The van der Waals surface area contributed by atoms with E-state index in [4.69, 9.17) is 0 Å². The fourth-order valence-corrected chi connectivity index (χ4v) is 4.17. The number of hydrogen-bond donors (Lipinski definition) is 2. The van der Waals surface area contributed by atoms with Crippen molar-refractivity contribution >= 4 is 5.97 Å². The molecule has 0 radical (unpaired) electrons. The molecule has 0 saturated heterocycles. The number of nitrogens with zero attached hydrogens (tertiary/aromatic N) is 5. The van der Waals surface area contributed by atoms with Crippen LogP contribution in [-0.2, 0) is 38.9 Å². The van der Waals surface area contributed by atoms with Crippen LogP contribution in [-0.4, -0.2) is 41.7 Å². The normalized spacial score (nSPS) is 19.2. The molecule has 2 aromatic rings. The van der Waals surface area contributed by atoms with Crippen molar-refractivity contribution in [2.24, 2.45) is 0 Å². The zero-order valence-corrected chi connectivity index (χ0v) is 15.2. The quantitative estimate of drug-likeness (QED) is 0.813. The molecule has 2 aliphatic rings. The average Bonchev–Trinajstić information content (AvgIpc) is 3.22. The highest BCUT2D eigenvalue weighted by molar-refractivity contribution is 5.87. The van der Waals surface area contributed by atoms with E-state index < -0.39 is 5.97 Å². The molecule has 1 aliphatic heterocycles. The van der Waals surface area contributed by atoms with Gasteiger partial charge in [0.2, 0.25) is 0 Å². The number of aryl methyl sites for hydroxylation is 2. The lowest BCUT2D eigenvalue weighted by Gasteiger charge is -2.24. The second kappa shape index (κ2) is 7.19. The standard InChI is InChI=1S/C18H26N6O2/c1-2-8-24-14-7-6-12(10-13(14)17(22-24)18(25)26)19-11-16-21-20-15-5-3-4-9-23(15)16/h12,19H,2-11H2,1H3,(H,25,26). The largest absolute Gasteiger partial charge is 0.476 e. The maximum Gasteiger partial charge on any atom is 0.356 e. The van der Waals surface area contributed by atoms with Crippen LogP contribution in [0.15, 0.2) is 0 Å². The predicted octanol–water partition coefficient (Wildman–Crippen LogP) is 1.57. The minimum Gasteiger partial charge on any atom is -0.476 e. The van der Waals surface area contributed by atoms with Crippen LogP contribution >= 0.6 is 0 Å².